The SMILES string of the molecule is C=C1C=CC=C(C2CCC3(C4CCC(O)Cc5cccc(c5)CC(C(CN=C(N)N)c5ccc(O)cc5)C(O)CNC5C(=O)NC(N)c6cccc(c65)CC(=O)C(C)=C4CCC3(C)O)C2O)COCC#CCC(C)=CCC1NCC1CCCCC12CCCC2. The molecular formula is C74H99N7O8. The molecule has 3 aromatic carbocycles. The minimum Gasteiger partial charge on any atom is -0.508 e. The molecule has 478 valence electrons. The van der Waals surface area contributed by atoms with E-state index in [1.54, 1.807) is 24.3 Å². The second-order valence-electron chi connectivity index (χ2n) is 27.6. The van der Waals surface area contributed by atoms with Gasteiger partial charge in [0.2, 0.25) is 5.91 Å². The highest BCUT2D eigenvalue weighted by Gasteiger charge is 2.64. The first-order valence-corrected chi connectivity index (χ1v) is 33.1. The maximum absolute atomic E-state index is 15.3. The minimum absolute atomic E-state index is 0.0366. The van der Waals surface area contributed by atoms with Crippen LogP contribution in [0.2, 0.25) is 0 Å². The first-order chi connectivity index (χ1) is 42.8. The lowest BCUT2D eigenvalue weighted by molar-refractivity contribution is -0.168. The number of hydrogen-bond acceptors (Lipinski definition) is 12. The molecule has 0 radical (unpaired) electrons. The zero-order valence-electron chi connectivity index (χ0n) is 52.8. The molecule has 3 heterocycles. The standard InChI is InChI=1S/C74H99N7O8/c1-46-14-6-10-37-89-45-53(19-11-15-47(2)63(29-22-46)78-42-54-20-5-7-32-73(54)33-8-9-34-73)58-31-36-74(68(58)86)62-28-27-56(83)39-49-16-12-17-50(38-49)40-60(61(43-80-71(76)77)51-23-25-55(82)26-24-51)65(85)44-79-67-66-52(18-13-21-59(66)69(75)81-70(67)87)41-64(84)48(3)57(62)30-35-72(74,4)88/h11-13,15-19,21-26,38,54,56,58,60-63,65,67-69,78-79,82-83,85-86,88H,2,5,7-9,14,20,27-37,39-45,75H2,1,3-4H3,(H,81,87)(H4,76,77,80). The number of amides is 1. The topological polar surface area (TPSA) is 271 Å². The fourth-order valence-electron chi connectivity index (χ4n) is 17.2. The number of aliphatic hydroxyl groups is 4. The molecule has 15 heteroatoms. The number of rotatable bonds is 8. The van der Waals surface area contributed by atoms with Gasteiger partial charge in [-0.2, -0.15) is 0 Å². The number of fused-ring (bicyclic) bond motifs is 4. The maximum Gasteiger partial charge on any atom is 0.243 e. The molecule has 13 atom stereocenters. The van der Waals surface area contributed by atoms with Crippen molar-refractivity contribution in [2.75, 3.05) is 32.8 Å². The van der Waals surface area contributed by atoms with E-state index in [9.17, 15) is 30.3 Å². The number of ketones is 1. The summed E-state index contributed by atoms with van der Waals surface area (Å²) in [6, 6.07) is 19.3. The molecule has 14 N–H and O–H groups in total. The number of carbonyl (C=O) groups is 2. The summed E-state index contributed by atoms with van der Waals surface area (Å²) >= 11 is 0. The maximum atomic E-state index is 15.3. The lowest BCUT2D eigenvalue weighted by Gasteiger charge is -2.56. The Kier molecular flexibility index (Phi) is 21.4. The largest absolute Gasteiger partial charge is 0.508 e. The summed E-state index contributed by atoms with van der Waals surface area (Å²) in [6.07, 6.45) is 19.7. The molecule has 7 aliphatic rings. The number of ether oxygens (including phenoxy) is 1. The molecule has 13 unspecified atom stereocenters. The Morgan fingerprint density at radius 3 is 2.42 bits per heavy atom. The predicted octanol–water partition coefficient (Wildman–Crippen LogP) is 8.94. The number of aliphatic hydroxyl groups excluding tert-OH is 3. The monoisotopic (exact) mass is 1210 g/mol. The number of aromatic hydroxyl groups is 1. The fraction of sp³-hybridized carbons (Fsp3) is 0.554. The van der Waals surface area contributed by atoms with Crippen molar-refractivity contribution >= 4 is 17.6 Å². The molecule has 89 heavy (non-hydrogen) atoms. The van der Waals surface area contributed by atoms with Crippen LogP contribution in [0.1, 0.15) is 175 Å². The van der Waals surface area contributed by atoms with E-state index in [4.69, 9.17) is 21.9 Å². The van der Waals surface area contributed by atoms with Gasteiger partial charge in [0, 0.05) is 49.2 Å². The molecular weight excluding hydrogens is 1110 g/mol. The predicted molar refractivity (Wildman–Crippen MR) is 351 cm³/mol. The molecule has 2 bridgehead atoms. The van der Waals surface area contributed by atoms with Gasteiger partial charge < -0.3 is 58.1 Å². The van der Waals surface area contributed by atoms with Gasteiger partial charge in [0.1, 0.15) is 24.6 Å². The number of allylic oxidation sites excluding steroid dienone is 5. The first-order valence-electron chi connectivity index (χ1n) is 33.1. The number of phenols is 1. The van der Waals surface area contributed by atoms with Crippen LogP contribution >= 0.6 is 0 Å². The molecule has 4 saturated carbocycles. The third-order valence-corrected chi connectivity index (χ3v) is 22.2. The van der Waals surface area contributed by atoms with Crippen molar-refractivity contribution < 1.29 is 39.9 Å². The molecule has 2 spiro atoms. The van der Waals surface area contributed by atoms with Crippen molar-refractivity contribution in [3.05, 3.63) is 159 Å². The van der Waals surface area contributed by atoms with Crippen molar-refractivity contribution in [2.24, 2.45) is 56.7 Å². The van der Waals surface area contributed by atoms with E-state index >= 15 is 4.79 Å². The van der Waals surface area contributed by atoms with E-state index in [2.05, 4.69) is 70.6 Å². The van der Waals surface area contributed by atoms with E-state index in [0.717, 1.165) is 46.4 Å². The zero-order valence-corrected chi connectivity index (χ0v) is 52.8. The molecule has 0 aromatic heterocycles. The number of nitrogens with zero attached hydrogens (tertiary/aromatic N) is 1. The number of benzene rings is 3. The van der Waals surface area contributed by atoms with E-state index in [1.807, 2.05) is 56.3 Å². The van der Waals surface area contributed by atoms with Crippen LogP contribution in [0.3, 0.4) is 0 Å². The van der Waals surface area contributed by atoms with E-state index in [-0.39, 0.29) is 56.3 Å². The van der Waals surface area contributed by atoms with Gasteiger partial charge in [0.15, 0.2) is 11.7 Å². The molecule has 0 saturated heterocycles. The quantitative estimate of drug-likeness (QED) is 0.0436. The van der Waals surface area contributed by atoms with Gasteiger partial charge in [-0.1, -0.05) is 134 Å². The first kappa shape index (κ1) is 65.8. The molecule has 3 aromatic rings. The van der Waals surface area contributed by atoms with Crippen LogP contribution in [0.4, 0.5) is 0 Å². The Hall–Kier alpha value is -6.19. The van der Waals surface area contributed by atoms with Crippen LogP contribution in [-0.4, -0.2) is 106 Å². The normalized spacial score (nSPS) is 32.0. The van der Waals surface area contributed by atoms with Crippen LogP contribution in [0.5, 0.6) is 5.75 Å². The summed E-state index contributed by atoms with van der Waals surface area (Å²) in [7, 11) is 0. The smallest absolute Gasteiger partial charge is 0.243 e. The van der Waals surface area contributed by atoms with Crippen LogP contribution in [-0.2, 0) is 33.6 Å². The van der Waals surface area contributed by atoms with Crippen LogP contribution in [0, 0.1) is 46.3 Å². The summed E-state index contributed by atoms with van der Waals surface area (Å²) < 4.78 is 6.35. The highest BCUT2D eigenvalue weighted by Crippen LogP contribution is 2.63. The van der Waals surface area contributed by atoms with Gasteiger partial charge in [-0.25, -0.2) is 0 Å². The van der Waals surface area contributed by atoms with Crippen LogP contribution in [0.25, 0.3) is 0 Å². The second kappa shape index (κ2) is 29.0. The zero-order chi connectivity index (χ0) is 63.0. The third kappa shape index (κ3) is 14.8. The number of aliphatic imine (C=N–C) groups is 1. The summed E-state index contributed by atoms with van der Waals surface area (Å²) in [5.74, 6) is 4.68. The van der Waals surface area contributed by atoms with Gasteiger partial charge in [0.25, 0.3) is 0 Å². The third-order valence-electron chi connectivity index (χ3n) is 22.2. The van der Waals surface area contributed by atoms with Gasteiger partial charge >= 0.3 is 0 Å². The Bertz CT molecular complexity index is 3250. The molecule has 10 rings (SSSR count). The number of phenolic OH excluding ortho intramolecular Hbond substituents is 1. The summed E-state index contributed by atoms with van der Waals surface area (Å²) in [5.41, 5.74) is 25.4. The van der Waals surface area contributed by atoms with Gasteiger partial charge in [-0.05, 0) is 196 Å². The van der Waals surface area contributed by atoms with Gasteiger partial charge in [-0.3, -0.25) is 19.9 Å². The van der Waals surface area contributed by atoms with Gasteiger partial charge in [-0.15, -0.1) is 0 Å². The summed E-state index contributed by atoms with van der Waals surface area (Å²) in [4.78, 5) is 34.0. The molecule has 3 aliphatic heterocycles. The number of nitrogens with one attached hydrogen (secondary N) is 3. The van der Waals surface area contributed by atoms with Crippen molar-refractivity contribution in [2.45, 2.75) is 191 Å². The minimum atomic E-state index is -1.37. The number of carbonyl (C=O) groups excluding carboxylic acids is 2. The van der Waals surface area contributed by atoms with Crippen LogP contribution in [0.15, 0.2) is 130 Å². The number of guanidine groups is 1. The molecule has 15 nitrogen and oxygen atoms in total. The second-order valence-corrected chi connectivity index (χ2v) is 27.6. The van der Waals surface area contributed by atoms with E-state index in [0.29, 0.717) is 91.4 Å². The molecule has 4 fully saturated rings. The Balaban J connectivity index is 0.996. The summed E-state index contributed by atoms with van der Waals surface area (Å²) in [5, 5.41) is 72.0. The Labute approximate surface area is 527 Å². The summed E-state index contributed by atoms with van der Waals surface area (Å²) in [6.45, 7) is 12.0. The van der Waals surface area contributed by atoms with Crippen molar-refractivity contribution in [1.82, 2.24) is 16.0 Å². The van der Waals surface area contributed by atoms with E-state index in [1.165, 1.54) is 56.9 Å². The van der Waals surface area contributed by atoms with Gasteiger partial charge in [0.05, 0.1) is 30.5 Å². The average Bonchev–Trinajstić information content (AvgIpc) is 1.65. The number of hydrogen-bond donors (Lipinski definition) is 11. The van der Waals surface area contributed by atoms with Crippen molar-refractivity contribution in [3.8, 4) is 17.6 Å². The van der Waals surface area contributed by atoms with Crippen LogP contribution < -0.4 is 33.2 Å². The average molecular weight is 1210 g/mol. The van der Waals surface area contributed by atoms with Crippen molar-refractivity contribution in [1.29, 1.82) is 0 Å². The Morgan fingerprint density at radius 2 is 1.65 bits per heavy atom. The van der Waals surface area contributed by atoms with Crippen molar-refractivity contribution in [3.63, 3.8) is 0 Å². The number of Topliss-reactive ketones (excluding diaryl/α,β-unsaturated/α-hetero) is 1. The molecule has 1 amide bonds. The lowest BCUT2D eigenvalue weighted by Crippen LogP contribution is -2.59. The fourth-order valence-corrected chi connectivity index (χ4v) is 17.2. The highest BCUT2D eigenvalue weighted by atomic mass is 16.5. The number of nitrogens with two attached hydrogens (primary N) is 3. The Morgan fingerprint density at radius 1 is 0.910 bits per heavy atom. The van der Waals surface area contributed by atoms with E-state index < -0.39 is 71.1 Å². The lowest BCUT2D eigenvalue weighted by atomic mass is 9.52. The number of β-amino-alcohol motifs (C(OH)–C–C–N with tert-alkyl or cyclic N) is 1. The molecule has 4 aliphatic carbocycles. The highest BCUT2D eigenvalue weighted by molar-refractivity contribution is 5.98.